The lowest BCUT2D eigenvalue weighted by Gasteiger charge is -2.11. The van der Waals surface area contributed by atoms with Crippen molar-refractivity contribution < 1.29 is 9.53 Å². The van der Waals surface area contributed by atoms with E-state index >= 15 is 0 Å². The Labute approximate surface area is 96.8 Å². The number of rotatable bonds is 4. The Balaban J connectivity index is 2.83. The molecule has 0 saturated carbocycles. The molecule has 0 unspecified atom stereocenters. The normalized spacial score (nSPS) is 10.2. The number of aryl methyl sites for hydroxylation is 3. The molecule has 16 heavy (non-hydrogen) atoms. The summed E-state index contributed by atoms with van der Waals surface area (Å²) in [5.41, 5.74) is 3.94. The predicted molar refractivity (Wildman–Crippen MR) is 64.6 cm³/mol. The van der Waals surface area contributed by atoms with E-state index in [0.29, 0.717) is 6.61 Å². The van der Waals surface area contributed by atoms with Crippen LogP contribution in [-0.2, 0) is 4.74 Å². The Morgan fingerprint density at radius 1 is 1.25 bits per heavy atom. The van der Waals surface area contributed by atoms with Crippen molar-refractivity contribution in [3.63, 3.8) is 0 Å². The van der Waals surface area contributed by atoms with Gasteiger partial charge in [0.15, 0.2) is 0 Å². The molecule has 1 aromatic rings. The van der Waals surface area contributed by atoms with Crippen LogP contribution >= 0.6 is 0 Å². The summed E-state index contributed by atoms with van der Waals surface area (Å²) in [5.74, 6) is -0.0662. The van der Waals surface area contributed by atoms with Gasteiger partial charge in [0.1, 0.15) is 6.73 Å². The standard InChI is InChI=1S/C13H19NO2/c1-5-16-8-14-13(15)12-10(3)6-9(2)7-11(12)4/h6-7H,5,8H2,1-4H3,(H,14,15). The van der Waals surface area contributed by atoms with Gasteiger partial charge in [-0.3, -0.25) is 4.79 Å². The van der Waals surface area contributed by atoms with Crippen LogP contribution in [0, 0.1) is 20.8 Å². The largest absolute Gasteiger partial charge is 0.362 e. The Hall–Kier alpha value is -1.35. The Kier molecular flexibility index (Phi) is 4.50. The highest BCUT2D eigenvalue weighted by molar-refractivity contribution is 5.97. The molecule has 0 fully saturated rings. The Morgan fingerprint density at radius 2 is 1.81 bits per heavy atom. The van der Waals surface area contributed by atoms with Crippen LogP contribution in [0.1, 0.15) is 34.0 Å². The lowest BCUT2D eigenvalue weighted by Crippen LogP contribution is -2.27. The van der Waals surface area contributed by atoms with Crippen LogP contribution in [0.4, 0.5) is 0 Å². The predicted octanol–water partition coefficient (Wildman–Crippen LogP) is 2.34. The van der Waals surface area contributed by atoms with Crippen molar-refractivity contribution in [2.24, 2.45) is 0 Å². The first-order valence-electron chi connectivity index (χ1n) is 5.50. The van der Waals surface area contributed by atoms with E-state index in [4.69, 9.17) is 4.74 Å². The highest BCUT2D eigenvalue weighted by atomic mass is 16.5. The highest BCUT2D eigenvalue weighted by Gasteiger charge is 2.11. The summed E-state index contributed by atoms with van der Waals surface area (Å²) in [6.07, 6.45) is 0. The number of hydrogen-bond acceptors (Lipinski definition) is 2. The zero-order valence-electron chi connectivity index (χ0n) is 10.4. The fraction of sp³-hybridized carbons (Fsp3) is 0.462. The van der Waals surface area contributed by atoms with Crippen molar-refractivity contribution in [1.29, 1.82) is 0 Å². The quantitative estimate of drug-likeness (QED) is 0.626. The van der Waals surface area contributed by atoms with Gasteiger partial charge in [0, 0.05) is 12.2 Å². The van der Waals surface area contributed by atoms with Crippen molar-refractivity contribution in [1.82, 2.24) is 5.32 Å². The Morgan fingerprint density at radius 3 is 2.31 bits per heavy atom. The first kappa shape index (κ1) is 12.7. The molecule has 1 N–H and O–H groups in total. The zero-order valence-corrected chi connectivity index (χ0v) is 10.4. The van der Waals surface area contributed by atoms with Crippen molar-refractivity contribution >= 4 is 5.91 Å². The van der Waals surface area contributed by atoms with Crippen LogP contribution in [0.25, 0.3) is 0 Å². The van der Waals surface area contributed by atoms with Gasteiger partial charge in [0.25, 0.3) is 5.91 Å². The fourth-order valence-corrected chi connectivity index (χ4v) is 1.85. The highest BCUT2D eigenvalue weighted by Crippen LogP contribution is 2.15. The third kappa shape index (κ3) is 3.07. The smallest absolute Gasteiger partial charge is 0.253 e. The first-order chi connectivity index (χ1) is 7.56. The van der Waals surface area contributed by atoms with E-state index in [0.717, 1.165) is 16.7 Å². The van der Waals surface area contributed by atoms with Gasteiger partial charge in [-0.25, -0.2) is 0 Å². The van der Waals surface area contributed by atoms with Gasteiger partial charge < -0.3 is 10.1 Å². The molecule has 0 aliphatic carbocycles. The number of amides is 1. The molecule has 1 aromatic carbocycles. The SMILES string of the molecule is CCOCNC(=O)c1c(C)cc(C)cc1C. The monoisotopic (exact) mass is 221 g/mol. The molecule has 0 radical (unpaired) electrons. The van der Waals surface area contributed by atoms with Gasteiger partial charge in [0.05, 0.1) is 0 Å². The molecule has 0 spiro atoms. The molecular formula is C13H19NO2. The molecule has 0 heterocycles. The minimum absolute atomic E-state index is 0.0662. The van der Waals surface area contributed by atoms with E-state index in [9.17, 15) is 4.79 Å². The molecule has 0 aliphatic heterocycles. The molecule has 88 valence electrons. The van der Waals surface area contributed by atoms with E-state index < -0.39 is 0 Å². The number of ether oxygens (including phenoxy) is 1. The molecule has 0 atom stereocenters. The summed E-state index contributed by atoms with van der Waals surface area (Å²) in [4.78, 5) is 11.9. The maximum Gasteiger partial charge on any atom is 0.253 e. The fourth-order valence-electron chi connectivity index (χ4n) is 1.85. The van der Waals surface area contributed by atoms with Gasteiger partial charge in [-0.2, -0.15) is 0 Å². The molecule has 0 aromatic heterocycles. The summed E-state index contributed by atoms with van der Waals surface area (Å²) in [6.45, 7) is 8.70. The minimum atomic E-state index is -0.0662. The summed E-state index contributed by atoms with van der Waals surface area (Å²) < 4.78 is 5.10. The van der Waals surface area contributed by atoms with Gasteiger partial charge in [0.2, 0.25) is 0 Å². The average molecular weight is 221 g/mol. The third-order valence-electron chi connectivity index (χ3n) is 2.44. The Bertz CT molecular complexity index is 363. The summed E-state index contributed by atoms with van der Waals surface area (Å²) in [7, 11) is 0. The molecule has 1 amide bonds. The molecule has 0 aliphatic rings. The second kappa shape index (κ2) is 5.66. The topological polar surface area (TPSA) is 38.3 Å². The van der Waals surface area contributed by atoms with Crippen LogP contribution in [-0.4, -0.2) is 19.2 Å². The number of nitrogens with one attached hydrogen (secondary N) is 1. The van der Waals surface area contributed by atoms with Crippen molar-refractivity contribution in [3.05, 3.63) is 34.4 Å². The summed E-state index contributed by atoms with van der Waals surface area (Å²) >= 11 is 0. The maximum absolute atomic E-state index is 11.9. The van der Waals surface area contributed by atoms with Crippen molar-refractivity contribution in [2.45, 2.75) is 27.7 Å². The van der Waals surface area contributed by atoms with Gasteiger partial charge in [-0.1, -0.05) is 17.7 Å². The zero-order chi connectivity index (χ0) is 12.1. The van der Waals surface area contributed by atoms with E-state index in [1.807, 2.05) is 39.8 Å². The second-order valence-corrected chi connectivity index (χ2v) is 3.92. The summed E-state index contributed by atoms with van der Waals surface area (Å²) in [5, 5.41) is 2.74. The van der Waals surface area contributed by atoms with Gasteiger partial charge in [-0.05, 0) is 38.8 Å². The lowest BCUT2D eigenvalue weighted by molar-refractivity contribution is 0.0816. The number of carbonyl (C=O) groups is 1. The first-order valence-corrected chi connectivity index (χ1v) is 5.50. The molecule has 3 nitrogen and oxygen atoms in total. The van der Waals surface area contributed by atoms with Gasteiger partial charge in [-0.15, -0.1) is 0 Å². The third-order valence-corrected chi connectivity index (χ3v) is 2.44. The molecule has 0 saturated heterocycles. The van der Waals surface area contributed by atoms with Crippen molar-refractivity contribution in [2.75, 3.05) is 13.3 Å². The van der Waals surface area contributed by atoms with Gasteiger partial charge >= 0.3 is 0 Å². The lowest BCUT2D eigenvalue weighted by atomic mass is 9.99. The summed E-state index contributed by atoms with van der Waals surface area (Å²) in [6, 6.07) is 4.03. The second-order valence-electron chi connectivity index (χ2n) is 3.92. The molecule has 3 heteroatoms. The number of benzene rings is 1. The maximum atomic E-state index is 11.9. The molecular weight excluding hydrogens is 202 g/mol. The van der Waals surface area contributed by atoms with E-state index in [1.165, 1.54) is 5.56 Å². The molecule has 0 bridgehead atoms. The number of carbonyl (C=O) groups excluding carboxylic acids is 1. The van der Waals surface area contributed by atoms with E-state index in [-0.39, 0.29) is 12.6 Å². The minimum Gasteiger partial charge on any atom is -0.362 e. The average Bonchev–Trinajstić information content (AvgIpc) is 2.16. The van der Waals surface area contributed by atoms with E-state index in [1.54, 1.807) is 0 Å². The molecule has 1 rings (SSSR count). The van der Waals surface area contributed by atoms with Crippen molar-refractivity contribution in [3.8, 4) is 0 Å². The van der Waals surface area contributed by atoms with Crippen LogP contribution in [0.3, 0.4) is 0 Å². The van der Waals surface area contributed by atoms with Crippen LogP contribution in [0.15, 0.2) is 12.1 Å². The van der Waals surface area contributed by atoms with Crippen LogP contribution in [0.5, 0.6) is 0 Å². The van der Waals surface area contributed by atoms with E-state index in [2.05, 4.69) is 5.32 Å². The van der Waals surface area contributed by atoms with Crippen LogP contribution in [0.2, 0.25) is 0 Å². The van der Waals surface area contributed by atoms with Crippen LogP contribution < -0.4 is 5.32 Å². The number of hydrogen-bond donors (Lipinski definition) is 1.